The van der Waals surface area contributed by atoms with Crippen molar-refractivity contribution in [1.82, 2.24) is 24.5 Å². The molecule has 9 heteroatoms. The van der Waals surface area contributed by atoms with Gasteiger partial charge in [0, 0.05) is 18.8 Å². The number of aromatic nitrogens is 5. The minimum absolute atomic E-state index is 0.267. The van der Waals surface area contributed by atoms with Gasteiger partial charge in [-0.05, 0) is 43.4 Å². The van der Waals surface area contributed by atoms with Crippen molar-refractivity contribution in [2.24, 2.45) is 0 Å². The van der Waals surface area contributed by atoms with Crippen LogP contribution >= 0.6 is 0 Å². The summed E-state index contributed by atoms with van der Waals surface area (Å²) in [5.74, 6) is 0.672. The molecule has 0 amide bonds. The SMILES string of the molecule is C=CCOc1cccc([C@@](O)(CC)Cn2nncc2CCCCn2ccc(=O)[nH]c2=O)c1. The summed E-state index contributed by atoms with van der Waals surface area (Å²) in [6.07, 6.45) is 7.62. The van der Waals surface area contributed by atoms with Gasteiger partial charge in [0.05, 0.1) is 18.4 Å². The number of rotatable bonds is 12. The first-order chi connectivity index (χ1) is 15.4. The molecule has 0 saturated carbocycles. The van der Waals surface area contributed by atoms with Gasteiger partial charge in [-0.2, -0.15) is 0 Å². The van der Waals surface area contributed by atoms with E-state index in [0.717, 1.165) is 24.1 Å². The molecule has 0 fully saturated rings. The van der Waals surface area contributed by atoms with Crippen molar-refractivity contribution >= 4 is 0 Å². The first-order valence-electron chi connectivity index (χ1n) is 10.7. The van der Waals surface area contributed by atoms with E-state index in [-0.39, 0.29) is 6.54 Å². The van der Waals surface area contributed by atoms with Gasteiger partial charge in [-0.1, -0.05) is 36.9 Å². The number of hydrogen-bond donors (Lipinski definition) is 2. The normalized spacial score (nSPS) is 12.9. The molecule has 0 aliphatic heterocycles. The summed E-state index contributed by atoms with van der Waals surface area (Å²) in [6.45, 7) is 6.75. The fraction of sp³-hybridized carbons (Fsp3) is 0.391. The molecule has 1 atom stereocenters. The largest absolute Gasteiger partial charge is 0.490 e. The van der Waals surface area contributed by atoms with Crippen LogP contribution in [-0.4, -0.2) is 36.3 Å². The highest BCUT2D eigenvalue weighted by Gasteiger charge is 2.29. The van der Waals surface area contributed by atoms with Crippen LogP contribution in [0.25, 0.3) is 0 Å². The number of aliphatic hydroxyl groups is 1. The standard InChI is InChI=1S/C23H29N5O4/c1-3-14-32-20-10-7-8-18(15-20)23(31,4-2)17-28-19(16-24-26-28)9-5-6-12-27-13-11-21(29)25-22(27)30/h3,7-8,10-11,13,15-16,31H,1,4-6,9,12,14,17H2,2H3,(H,25,29,30)/t23-/m1/s1. The fourth-order valence-corrected chi connectivity index (χ4v) is 3.50. The van der Waals surface area contributed by atoms with E-state index in [0.29, 0.717) is 31.7 Å². The summed E-state index contributed by atoms with van der Waals surface area (Å²) in [5.41, 5.74) is -0.275. The van der Waals surface area contributed by atoms with Crippen LogP contribution in [0.3, 0.4) is 0 Å². The number of aryl methyl sites for hydroxylation is 2. The average molecular weight is 440 g/mol. The third kappa shape index (κ3) is 5.82. The molecule has 2 aromatic heterocycles. The zero-order chi connectivity index (χ0) is 23.0. The predicted octanol–water partition coefficient (Wildman–Crippen LogP) is 2.01. The first kappa shape index (κ1) is 23.2. The van der Waals surface area contributed by atoms with Crippen molar-refractivity contribution in [3.8, 4) is 5.75 Å². The van der Waals surface area contributed by atoms with Crippen LogP contribution in [-0.2, 0) is 25.1 Å². The van der Waals surface area contributed by atoms with Crippen molar-refractivity contribution < 1.29 is 9.84 Å². The van der Waals surface area contributed by atoms with Crippen LogP contribution in [0.15, 0.2) is 65.0 Å². The lowest BCUT2D eigenvalue weighted by Gasteiger charge is -2.28. The third-order valence-electron chi connectivity index (χ3n) is 5.41. The van der Waals surface area contributed by atoms with Gasteiger partial charge in [0.1, 0.15) is 18.0 Å². The molecule has 2 heterocycles. The number of ether oxygens (including phenoxy) is 1. The Kier molecular flexibility index (Phi) is 7.77. The van der Waals surface area contributed by atoms with Crippen molar-refractivity contribution in [3.63, 3.8) is 0 Å². The summed E-state index contributed by atoms with van der Waals surface area (Å²) < 4.78 is 8.81. The molecule has 9 nitrogen and oxygen atoms in total. The second-order valence-corrected chi connectivity index (χ2v) is 7.66. The Morgan fingerprint density at radius 1 is 1.28 bits per heavy atom. The maximum Gasteiger partial charge on any atom is 0.328 e. The highest BCUT2D eigenvalue weighted by atomic mass is 16.5. The molecule has 3 rings (SSSR count). The summed E-state index contributed by atoms with van der Waals surface area (Å²) in [6, 6.07) is 8.75. The molecule has 0 saturated heterocycles. The number of aromatic amines is 1. The number of unbranched alkanes of at least 4 members (excludes halogenated alkanes) is 1. The minimum atomic E-state index is -1.13. The van der Waals surface area contributed by atoms with E-state index < -0.39 is 16.9 Å². The molecule has 0 bridgehead atoms. The van der Waals surface area contributed by atoms with Gasteiger partial charge in [-0.15, -0.1) is 5.10 Å². The predicted molar refractivity (Wildman–Crippen MR) is 121 cm³/mol. The molecule has 0 radical (unpaired) electrons. The maximum atomic E-state index is 11.8. The highest BCUT2D eigenvalue weighted by molar-refractivity contribution is 5.32. The number of nitrogens with zero attached hydrogens (tertiary/aromatic N) is 4. The molecule has 0 aliphatic carbocycles. The molecule has 170 valence electrons. The zero-order valence-electron chi connectivity index (χ0n) is 18.2. The van der Waals surface area contributed by atoms with E-state index in [2.05, 4.69) is 21.9 Å². The van der Waals surface area contributed by atoms with Crippen LogP contribution < -0.4 is 16.0 Å². The highest BCUT2D eigenvalue weighted by Crippen LogP contribution is 2.30. The smallest absolute Gasteiger partial charge is 0.328 e. The topological polar surface area (TPSA) is 115 Å². The molecule has 1 aromatic carbocycles. The van der Waals surface area contributed by atoms with Gasteiger partial charge in [0.2, 0.25) is 0 Å². The van der Waals surface area contributed by atoms with E-state index in [4.69, 9.17) is 4.74 Å². The maximum absolute atomic E-state index is 11.8. The number of H-pyrrole nitrogens is 1. The van der Waals surface area contributed by atoms with Crippen LogP contribution in [0.2, 0.25) is 0 Å². The van der Waals surface area contributed by atoms with Crippen LogP contribution in [0.4, 0.5) is 0 Å². The molecular formula is C23H29N5O4. The van der Waals surface area contributed by atoms with Gasteiger partial charge < -0.3 is 14.4 Å². The zero-order valence-corrected chi connectivity index (χ0v) is 18.2. The van der Waals surface area contributed by atoms with Crippen molar-refractivity contribution in [2.75, 3.05) is 6.61 Å². The average Bonchev–Trinajstić information content (AvgIpc) is 3.23. The third-order valence-corrected chi connectivity index (χ3v) is 5.41. The lowest BCUT2D eigenvalue weighted by atomic mass is 9.90. The second-order valence-electron chi connectivity index (χ2n) is 7.66. The Bertz CT molecular complexity index is 1150. The molecule has 0 unspecified atom stereocenters. The molecular weight excluding hydrogens is 410 g/mol. The van der Waals surface area contributed by atoms with Crippen molar-refractivity contribution in [1.29, 1.82) is 0 Å². The Labute approximate surface area is 186 Å². The van der Waals surface area contributed by atoms with E-state index in [1.54, 1.807) is 17.0 Å². The summed E-state index contributed by atoms with van der Waals surface area (Å²) in [7, 11) is 0. The molecule has 32 heavy (non-hydrogen) atoms. The lowest BCUT2D eigenvalue weighted by Crippen LogP contribution is -2.32. The fourth-order valence-electron chi connectivity index (χ4n) is 3.50. The molecule has 0 spiro atoms. The Hall–Kier alpha value is -3.46. The van der Waals surface area contributed by atoms with Gasteiger partial charge in [0.25, 0.3) is 5.56 Å². The van der Waals surface area contributed by atoms with Gasteiger partial charge in [-0.3, -0.25) is 9.78 Å². The van der Waals surface area contributed by atoms with Gasteiger partial charge in [0.15, 0.2) is 0 Å². The van der Waals surface area contributed by atoms with E-state index in [9.17, 15) is 14.7 Å². The number of nitrogens with one attached hydrogen (secondary N) is 1. The van der Waals surface area contributed by atoms with Crippen molar-refractivity contribution in [3.05, 3.63) is 87.5 Å². The molecule has 0 aliphatic rings. The Morgan fingerprint density at radius 2 is 2.12 bits per heavy atom. The summed E-state index contributed by atoms with van der Waals surface area (Å²) in [5, 5.41) is 19.6. The lowest BCUT2D eigenvalue weighted by molar-refractivity contribution is 0.00952. The van der Waals surface area contributed by atoms with Crippen LogP contribution in [0, 0.1) is 0 Å². The summed E-state index contributed by atoms with van der Waals surface area (Å²) in [4.78, 5) is 25.2. The summed E-state index contributed by atoms with van der Waals surface area (Å²) >= 11 is 0. The quantitative estimate of drug-likeness (QED) is 0.330. The van der Waals surface area contributed by atoms with Crippen LogP contribution in [0.5, 0.6) is 5.75 Å². The van der Waals surface area contributed by atoms with E-state index >= 15 is 0 Å². The Balaban J connectivity index is 1.64. The second kappa shape index (κ2) is 10.7. The van der Waals surface area contributed by atoms with Crippen molar-refractivity contribution in [2.45, 2.75) is 51.3 Å². The molecule has 3 aromatic rings. The van der Waals surface area contributed by atoms with E-state index in [1.165, 1.54) is 16.8 Å². The number of hydrogen-bond acceptors (Lipinski definition) is 6. The monoisotopic (exact) mass is 439 g/mol. The Morgan fingerprint density at radius 3 is 2.88 bits per heavy atom. The van der Waals surface area contributed by atoms with Gasteiger partial charge in [-0.25, -0.2) is 9.48 Å². The first-order valence-corrected chi connectivity index (χ1v) is 10.7. The van der Waals surface area contributed by atoms with E-state index in [1.807, 2.05) is 31.2 Å². The van der Waals surface area contributed by atoms with Crippen LogP contribution in [0.1, 0.15) is 37.4 Å². The van der Waals surface area contributed by atoms with Gasteiger partial charge >= 0.3 is 5.69 Å². The minimum Gasteiger partial charge on any atom is -0.490 e. The molecule has 2 N–H and O–H groups in total. The number of benzene rings is 1.